The molecule has 1 N–H and O–H groups in total. The summed E-state index contributed by atoms with van der Waals surface area (Å²) in [7, 11) is -3.22. The van der Waals surface area contributed by atoms with Crippen LogP contribution in [0.2, 0.25) is 0 Å². The Hall–Kier alpha value is -2.73. The van der Waals surface area contributed by atoms with Crippen molar-refractivity contribution in [3.63, 3.8) is 0 Å². The Balaban J connectivity index is 1.91. The summed E-state index contributed by atoms with van der Waals surface area (Å²) in [6.45, 7) is 4.80. The Morgan fingerprint density at radius 3 is 2.22 bits per heavy atom. The van der Waals surface area contributed by atoms with Gasteiger partial charge in [-0.05, 0) is 29.7 Å². The highest BCUT2D eigenvalue weighted by Gasteiger charge is 2.11. The minimum absolute atomic E-state index is 0.249. The first-order valence-corrected chi connectivity index (χ1v) is 10.7. The van der Waals surface area contributed by atoms with Crippen LogP contribution in [0.3, 0.4) is 0 Å². The molecule has 0 aliphatic heterocycles. The van der Waals surface area contributed by atoms with Gasteiger partial charge in [0.25, 0.3) is 0 Å². The summed E-state index contributed by atoms with van der Waals surface area (Å²) >= 11 is 0. The van der Waals surface area contributed by atoms with Crippen molar-refractivity contribution in [3.05, 3.63) is 71.9 Å². The fourth-order valence-corrected chi connectivity index (χ4v) is 3.27. The van der Waals surface area contributed by atoms with E-state index in [0.29, 0.717) is 17.4 Å². The predicted molar refractivity (Wildman–Crippen MR) is 108 cm³/mol. The average Bonchev–Trinajstić information content (AvgIpc) is 2.66. The van der Waals surface area contributed by atoms with Crippen molar-refractivity contribution in [1.82, 2.24) is 9.97 Å². The Morgan fingerprint density at radius 2 is 1.63 bits per heavy atom. The molecule has 0 spiro atoms. The number of anilines is 1. The van der Waals surface area contributed by atoms with E-state index in [9.17, 15) is 8.42 Å². The molecule has 140 valence electrons. The van der Waals surface area contributed by atoms with Crippen LogP contribution in [0, 0.1) is 0 Å². The lowest BCUT2D eigenvalue weighted by atomic mass is 10.1. The number of hydrogen-bond acceptors (Lipinski definition) is 5. The monoisotopic (exact) mass is 381 g/mol. The van der Waals surface area contributed by atoms with E-state index in [1.54, 1.807) is 24.3 Å². The summed E-state index contributed by atoms with van der Waals surface area (Å²) in [5.74, 6) is 0.812. The maximum absolute atomic E-state index is 11.7. The molecule has 0 atom stereocenters. The summed E-state index contributed by atoms with van der Waals surface area (Å²) in [6.07, 6.45) is 1.20. The largest absolute Gasteiger partial charge is 0.350 e. The lowest BCUT2D eigenvalue weighted by Crippen LogP contribution is -2.07. The van der Waals surface area contributed by atoms with Crippen molar-refractivity contribution in [2.24, 2.45) is 0 Å². The van der Waals surface area contributed by atoms with Gasteiger partial charge in [0.2, 0.25) is 5.95 Å². The Morgan fingerprint density at radius 1 is 0.963 bits per heavy atom. The smallest absolute Gasteiger partial charge is 0.223 e. The molecule has 0 aliphatic carbocycles. The molecule has 0 saturated heterocycles. The second kappa shape index (κ2) is 7.88. The van der Waals surface area contributed by atoms with Crippen LogP contribution in [0.1, 0.15) is 31.0 Å². The highest BCUT2D eigenvalue weighted by molar-refractivity contribution is 7.90. The summed E-state index contributed by atoms with van der Waals surface area (Å²) in [4.78, 5) is 9.53. The molecule has 0 amide bonds. The van der Waals surface area contributed by atoms with Crippen LogP contribution in [0.4, 0.5) is 5.95 Å². The highest BCUT2D eigenvalue weighted by atomic mass is 32.2. The second-order valence-electron chi connectivity index (χ2n) is 6.79. The lowest BCUT2D eigenvalue weighted by Gasteiger charge is -2.12. The number of sulfone groups is 1. The van der Waals surface area contributed by atoms with Gasteiger partial charge >= 0.3 is 0 Å². The van der Waals surface area contributed by atoms with Crippen LogP contribution in [-0.2, 0) is 16.4 Å². The van der Waals surface area contributed by atoms with E-state index in [0.717, 1.165) is 22.5 Å². The standard InChI is InChI=1S/C21H23N3O2S/c1-15(2)19-13-20(17-9-11-18(12-10-17)27(3,25)26)24-21(23-19)22-14-16-7-5-4-6-8-16/h4-13,15H,14H2,1-3H3,(H,22,23,24). The maximum Gasteiger partial charge on any atom is 0.223 e. The van der Waals surface area contributed by atoms with E-state index in [1.165, 1.54) is 6.26 Å². The van der Waals surface area contributed by atoms with E-state index >= 15 is 0 Å². The van der Waals surface area contributed by atoms with Crippen LogP contribution >= 0.6 is 0 Å². The zero-order chi connectivity index (χ0) is 19.4. The zero-order valence-corrected chi connectivity index (χ0v) is 16.5. The molecular weight excluding hydrogens is 358 g/mol. The molecule has 27 heavy (non-hydrogen) atoms. The van der Waals surface area contributed by atoms with E-state index in [2.05, 4.69) is 29.1 Å². The van der Waals surface area contributed by atoms with Crippen LogP contribution < -0.4 is 5.32 Å². The Kier molecular flexibility index (Phi) is 5.56. The molecule has 5 nitrogen and oxygen atoms in total. The van der Waals surface area contributed by atoms with Gasteiger partial charge in [0.1, 0.15) is 0 Å². The molecule has 0 saturated carbocycles. The third kappa shape index (κ3) is 4.92. The number of aromatic nitrogens is 2. The van der Waals surface area contributed by atoms with Gasteiger partial charge in [-0.3, -0.25) is 0 Å². The molecule has 3 aromatic rings. The van der Waals surface area contributed by atoms with Gasteiger partial charge in [0.05, 0.1) is 10.6 Å². The van der Waals surface area contributed by atoms with Gasteiger partial charge in [-0.1, -0.05) is 56.3 Å². The molecule has 1 aromatic heterocycles. The molecule has 0 aliphatic rings. The summed E-state index contributed by atoms with van der Waals surface area (Å²) in [5, 5.41) is 3.28. The fraction of sp³-hybridized carbons (Fsp3) is 0.238. The number of nitrogens with one attached hydrogen (secondary N) is 1. The summed E-state index contributed by atoms with van der Waals surface area (Å²) in [6, 6.07) is 18.8. The predicted octanol–water partition coefficient (Wildman–Crippen LogP) is 4.28. The molecular formula is C21H23N3O2S. The Bertz CT molecular complexity index is 1020. The van der Waals surface area contributed by atoms with Crippen molar-refractivity contribution < 1.29 is 8.42 Å². The van der Waals surface area contributed by atoms with Gasteiger partial charge < -0.3 is 5.32 Å². The zero-order valence-electron chi connectivity index (χ0n) is 15.7. The van der Waals surface area contributed by atoms with Crippen molar-refractivity contribution in [2.45, 2.75) is 31.2 Å². The molecule has 0 bridgehead atoms. The summed E-state index contributed by atoms with van der Waals surface area (Å²) in [5.41, 5.74) is 3.71. The Labute approximate surface area is 160 Å². The maximum atomic E-state index is 11.7. The van der Waals surface area contributed by atoms with Crippen molar-refractivity contribution in [2.75, 3.05) is 11.6 Å². The first-order chi connectivity index (χ1) is 12.8. The number of nitrogens with zero attached hydrogens (tertiary/aromatic N) is 2. The van der Waals surface area contributed by atoms with Gasteiger partial charge in [0.15, 0.2) is 9.84 Å². The van der Waals surface area contributed by atoms with E-state index < -0.39 is 9.84 Å². The first-order valence-electron chi connectivity index (χ1n) is 8.80. The third-order valence-electron chi connectivity index (χ3n) is 4.21. The topological polar surface area (TPSA) is 72.0 Å². The van der Waals surface area contributed by atoms with Gasteiger partial charge in [-0.15, -0.1) is 0 Å². The van der Waals surface area contributed by atoms with Crippen LogP contribution in [0.15, 0.2) is 65.6 Å². The van der Waals surface area contributed by atoms with Crippen molar-refractivity contribution >= 4 is 15.8 Å². The van der Waals surface area contributed by atoms with Gasteiger partial charge in [0, 0.05) is 24.1 Å². The highest BCUT2D eigenvalue weighted by Crippen LogP contribution is 2.24. The van der Waals surface area contributed by atoms with Crippen LogP contribution in [0.25, 0.3) is 11.3 Å². The number of rotatable bonds is 6. The average molecular weight is 382 g/mol. The van der Waals surface area contributed by atoms with Crippen LogP contribution in [0.5, 0.6) is 0 Å². The van der Waals surface area contributed by atoms with Crippen molar-refractivity contribution in [3.8, 4) is 11.3 Å². The molecule has 6 heteroatoms. The molecule has 0 radical (unpaired) electrons. The number of hydrogen-bond donors (Lipinski definition) is 1. The molecule has 0 fully saturated rings. The second-order valence-corrected chi connectivity index (χ2v) is 8.81. The van der Waals surface area contributed by atoms with Crippen LogP contribution in [-0.4, -0.2) is 24.6 Å². The SMILES string of the molecule is CC(C)c1cc(-c2ccc(S(C)(=O)=O)cc2)nc(NCc2ccccc2)n1. The fourth-order valence-electron chi connectivity index (χ4n) is 2.64. The third-order valence-corrected chi connectivity index (χ3v) is 5.34. The molecule has 0 unspecified atom stereocenters. The van der Waals surface area contributed by atoms with Crippen molar-refractivity contribution in [1.29, 1.82) is 0 Å². The van der Waals surface area contributed by atoms with Gasteiger partial charge in [-0.25, -0.2) is 18.4 Å². The minimum atomic E-state index is -3.22. The summed E-state index contributed by atoms with van der Waals surface area (Å²) < 4.78 is 23.3. The molecule has 3 rings (SSSR count). The quantitative estimate of drug-likeness (QED) is 0.690. The molecule has 1 heterocycles. The van der Waals surface area contributed by atoms with E-state index in [4.69, 9.17) is 0 Å². The minimum Gasteiger partial charge on any atom is -0.350 e. The first kappa shape index (κ1) is 19.0. The number of benzene rings is 2. The van der Waals surface area contributed by atoms with Gasteiger partial charge in [-0.2, -0.15) is 0 Å². The lowest BCUT2D eigenvalue weighted by molar-refractivity contribution is 0.602. The van der Waals surface area contributed by atoms with E-state index in [-0.39, 0.29) is 5.92 Å². The van der Waals surface area contributed by atoms with E-state index in [1.807, 2.05) is 36.4 Å². The molecule has 2 aromatic carbocycles. The normalized spacial score (nSPS) is 11.6.